The van der Waals surface area contributed by atoms with E-state index in [9.17, 15) is 5.11 Å². The van der Waals surface area contributed by atoms with Crippen LogP contribution in [-0.4, -0.2) is 19.3 Å². The number of rotatable bonds is 4. The molecule has 0 saturated heterocycles. The van der Waals surface area contributed by atoms with Crippen LogP contribution in [0.15, 0.2) is 18.2 Å². The van der Waals surface area contributed by atoms with Crippen molar-refractivity contribution >= 4 is 0 Å². The highest BCUT2D eigenvalue weighted by Crippen LogP contribution is 2.27. The molecule has 1 unspecified atom stereocenters. The van der Waals surface area contributed by atoms with Crippen molar-refractivity contribution in [3.63, 3.8) is 0 Å². The molecule has 0 heterocycles. The minimum absolute atomic E-state index is 0.302. The molecule has 1 aromatic carbocycles. The highest BCUT2D eigenvalue weighted by atomic mass is 16.5. The van der Waals surface area contributed by atoms with E-state index in [1.165, 1.54) is 14.2 Å². The summed E-state index contributed by atoms with van der Waals surface area (Å²) < 4.78 is 31.5. The SMILES string of the molecule is [2H]C([2H])([2H])CC(O)c1cc(OC)cc(OC)c1. The molecule has 1 atom stereocenters. The zero-order valence-corrected chi connectivity index (χ0v) is 8.28. The van der Waals surface area contributed by atoms with E-state index in [2.05, 4.69) is 0 Å². The molecule has 0 bridgehead atoms. The second-order valence-electron chi connectivity index (χ2n) is 2.87. The molecule has 0 aliphatic rings. The topological polar surface area (TPSA) is 38.7 Å². The summed E-state index contributed by atoms with van der Waals surface area (Å²) in [4.78, 5) is 0. The van der Waals surface area contributed by atoms with E-state index in [0.29, 0.717) is 17.1 Å². The lowest BCUT2D eigenvalue weighted by atomic mass is 10.1. The lowest BCUT2D eigenvalue weighted by molar-refractivity contribution is 0.173. The van der Waals surface area contributed by atoms with Crippen molar-refractivity contribution in [2.75, 3.05) is 14.2 Å². The summed E-state index contributed by atoms with van der Waals surface area (Å²) >= 11 is 0. The maximum Gasteiger partial charge on any atom is 0.122 e. The van der Waals surface area contributed by atoms with Gasteiger partial charge in [0.15, 0.2) is 0 Å². The van der Waals surface area contributed by atoms with E-state index in [0.717, 1.165) is 0 Å². The summed E-state index contributed by atoms with van der Waals surface area (Å²) in [6.45, 7) is -2.17. The van der Waals surface area contributed by atoms with E-state index >= 15 is 0 Å². The zero-order valence-electron chi connectivity index (χ0n) is 11.3. The minimum Gasteiger partial charge on any atom is -0.497 e. The van der Waals surface area contributed by atoms with Crippen molar-refractivity contribution in [1.29, 1.82) is 0 Å². The third kappa shape index (κ3) is 2.39. The first-order valence-corrected chi connectivity index (χ1v) is 4.27. The van der Waals surface area contributed by atoms with Gasteiger partial charge < -0.3 is 14.6 Å². The van der Waals surface area contributed by atoms with E-state index in [4.69, 9.17) is 13.6 Å². The van der Waals surface area contributed by atoms with Crippen LogP contribution in [0.3, 0.4) is 0 Å². The van der Waals surface area contributed by atoms with Gasteiger partial charge in [0.25, 0.3) is 0 Å². The average molecular weight is 199 g/mol. The molecular weight excluding hydrogens is 180 g/mol. The van der Waals surface area contributed by atoms with E-state index in [-0.39, 0.29) is 6.42 Å². The number of hydrogen-bond donors (Lipinski definition) is 1. The van der Waals surface area contributed by atoms with Crippen LogP contribution in [0.5, 0.6) is 11.5 Å². The Kier molecular flexibility index (Phi) is 2.47. The Labute approximate surface area is 88.5 Å². The second kappa shape index (κ2) is 4.86. The molecule has 0 fully saturated rings. The van der Waals surface area contributed by atoms with Gasteiger partial charge in [-0.05, 0) is 24.1 Å². The molecular formula is C11H16O3. The summed E-state index contributed by atoms with van der Waals surface area (Å²) in [5, 5.41) is 9.82. The van der Waals surface area contributed by atoms with Gasteiger partial charge in [0.2, 0.25) is 0 Å². The van der Waals surface area contributed by atoms with Gasteiger partial charge in [0.1, 0.15) is 11.5 Å². The Bertz CT molecular complexity index is 354. The number of methoxy groups -OCH3 is 2. The van der Waals surface area contributed by atoms with Crippen LogP contribution in [-0.2, 0) is 0 Å². The zero-order chi connectivity index (χ0) is 13.1. The summed E-state index contributed by atoms with van der Waals surface area (Å²) in [6, 6.07) is 4.85. The maximum absolute atomic E-state index is 9.82. The molecule has 0 spiro atoms. The van der Waals surface area contributed by atoms with Crippen molar-refractivity contribution in [3.05, 3.63) is 23.8 Å². The summed E-state index contributed by atoms with van der Waals surface area (Å²) in [7, 11) is 2.99. The molecule has 0 aromatic heterocycles. The van der Waals surface area contributed by atoms with E-state index in [1.54, 1.807) is 18.2 Å². The number of ether oxygens (including phenoxy) is 2. The Morgan fingerprint density at radius 2 is 1.86 bits per heavy atom. The predicted octanol–water partition coefficient (Wildman–Crippen LogP) is 2.15. The van der Waals surface area contributed by atoms with Gasteiger partial charge in [0, 0.05) is 10.2 Å². The smallest absolute Gasteiger partial charge is 0.122 e. The van der Waals surface area contributed by atoms with Crippen LogP contribution >= 0.6 is 0 Å². The molecule has 3 heteroatoms. The summed E-state index contributed by atoms with van der Waals surface area (Å²) in [6.07, 6.45) is -1.37. The first-order valence-electron chi connectivity index (χ1n) is 5.77. The third-order valence-electron chi connectivity index (χ3n) is 1.95. The first-order chi connectivity index (χ1) is 7.85. The van der Waals surface area contributed by atoms with E-state index in [1.807, 2.05) is 0 Å². The quantitative estimate of drug-likeness (QED) is 0.807. The molecule has 0 radical (unpaired) electrons. The second-order valence-corrected chi connectivity index (χ2v) is 2.87. The Morgan fingerprint density at radius 1 is 1.29 bits per heavy atom. The van der Waals surface area contributed by atoms with Crippen molar-refractivity contribution in [1.82, 2.24) is 0 Å². The first kappa shape index (κ1) is 7.12. The highest BCUT2D eigenvalue weighted by molar-refractivity contribution is 5.39. The standard InChI is InChI=1S/C11H16O3/c1-4-11(12)8-5-9(13-2)7-10(6-8)14-3/h5-7,11-12H,4H2,1-3H3/i1D3. The Hall–Kier alpha value is -1.22. The fourth-order valence-electron chi connectivity index (χ4n) is 1.14. The lowest BCUT2D eigenvalue weighted by Crippen LogP contribution is -1.97. The van der Waals surface area contributed by atoms with Gasteiger partial charge in [-0.15, -0.1) is 0 Å². The van der Waals surface area contributed by atoms with Gasteiger partial charge in [-0.25, -0.2) is 0 Å². The van der Waals surface area contributed by atoms with Crippen molar-refractivity contribution in [2.24, 2.45) is 0 Å². The number of hydrogen-bond acceptors (Lipinski definition) is 3. The van der Waals surface area contributed by atoms with Crippen LogP contribution in [0.4, 0.5) is 0 Å². The molecule has 78 valence electrons. The van der Waals surface area contributed by atoms with Gasteiger partial charge in [-0.3, -0.25) is 0 Å². The maximum atomic E-state index is 9.82. The third-order valence-corrected chi connectivity index (χ3v) is 1.95. The monoisotopic (exact) mass is 199 g/mol. The largest absolute Gasteiger partial charge is 0.497 e. The molecule has 0 aliphatic heterocycles. The lowest BCUT2D eigenvalue weighted by Gasteiger charge is -2.11. The molecule has 1 rings (SSSR count). The highest BCUT2D eigenvalue weighted by Gasteiger charge is 2.08. The van der Waals surface area contributed by atoms with Crippen LogP contribution in [0.2, 0.25) is 0 Å². The predicted molar refractivity (Wildman–Crippen MR) is 54.8 cm³/mol. The number of aliphatic hydroxyl groups is 1. The van der Waals surface area contributed by atoms with Crippen molar-refractivity contribution in [3.8, 4) is 11.5 Å². The fraction of sp³-hybridized carbons (Fsp3) is 0.455. The van der Waals surface area contributed by atoms with E-state index < -0.39 is 13.0 Å². The summed E-state index contributed by atoms with van der Waals surface area (Å²) in [5.74, 6) is 1.04. The van der Waals surface area contributed by atoms with Gasteiger partial charge in [-0.1, -0.05) is 6.85 Å². The molecule has 0 aliphatic carbocycles. The Balaban J connectivity index is 2.96. The molecule has 0 amide bonds. The Morgan fingerprint density at radius 3 is 2.29 bits per heavy atom. The molecule has 1 aromatic rings. The number of benzene rings is 1. The number of aliphatic hydroxyl groups excluding tert-OH is 1. The van der Waals surface area contributed by atoms with Gasteiger partial charge >= 0.3 is 0 Å². The van der Waals surface area contributed by atoms with Gasteiger partial charge in [0.05, 0.1) is 20.3 Å². The van der Waals surface area contributed by atoms with Crippen molar-refractivity contribution < 1.29 is 18.7 Å². The molecule has 14 heavy (non-hydrogen) atoms. The van der Waals surface area contributed by atoms with Crippen molar-refractivity contribution in [2.45, 2.75) is 19.4 Å². The average Bonchev–Trinajstić information content (AvgIpc) is 2.26. The fourth-order valence-corrected chi connectivity index (χ4v) is 1.14. The normalized spacial score (nSPS) is 16.4. The van der Waals surface area contributed by atoms with Crippen LogP contribution in [0.1, 0.15) is 29.1 Å². The van der Waals surface area contributed by atoms with Crippen LogP contribution in [0.25, 0.3) is 0 Å². The van der Waals surface area contributed by atoms with Crippen LogP contribution < -0.4 is 9.47 Å². The molecule has 3 nitrogen and oxygen atoms in total. The van der Waals surface area contributed by atoms with Gasteiger partial charge in [-0.2, -0.15) is 0 Å². The molecule has 1 N–H and O–H groups in total. The van der Waals surface area contributed by atoms with Crippen LogP contribution in [0, 0.1) is 0 Å². The molecule has 0 saturated carbocycles. The minimum atomic E-state index is -2.17. The summed E-state index contributed by atoms with van der Waals surface area (Å²) in [5.41, 5.74) is 0.470.